The molecule has 3 aromatic rings. The second kappa shape index (κ2) is 10.1. The molecule has 7 heteroatoms. The maximum Gasteiger partial charge on any atom is 0.262 e. The second-order valence-electron chi connectivity index (χ2n) is 7.18. The monoisotopic (exact) mass is 438 g/mol. The smallest absolute Gasteiger partial charge is 0.262 e. The molecule has 0 spiro atoms. The fraction of sp³-hybridized carbons (Fsp3) is 0.208. The number of hydrogen-bond donors (Lipinski definition) is 2. The molecule has 0 unspecified atom stereocenters. The fourth-order valence-corrected chi connectivity index (χ4v) is 4.08. The van der Waals surface area contributed by atoms with Crippen LogP contribution in [0.4, 0.5) is 11.4 Å². The van der Waals surface area contributed by atoms with E-state index in [1.54, 1.807) is 36.4 Å². The maximum atomic E-state index is 12.5. The van der Waals surface area contributed by atoms with Gasteiger partial charge < -0.3 is 10.1 Å². The average molecular weight is 439 g/mol. The van der Waals surface area contributed by atoms with Crippen LogP contribution in [0.1, 0.15) is 31.7 Å². The standard InChI is InChI=1S/C24H26N2O4S/c1-3-18(2)22-11-7-8-12-23(22)30-17-24(27)25-19-13-15-21(16-14-19)31(28,29)26-20-9-5-4-6-10-20/h4-16,18,26H,3,17H2,1-2H3,(H,25,27)/t18-/m1/s1. The Hall–Kier alpha value is -3.32. The van der Waals surface area contributed by atoms with Gasteiger partial charge in [0.05, 0.1) is 4.90 Å². The third-order valence-corrected chi connectivity index (χ3v) is 6.29. The molecule has 162 valence electrons. The minimum Gasteiger partial charge on any atom is -0.483 e. The molecule has 0 radical (unpaired) electrons. The molecule has 1 atom stereocenters. The van der Waals surface area contributed by atoms with Gasteiger partial charge in [0.2, 0.25) is 0 Å². The SMILES string of the molecule is CC[C@@H](C)c1ccccc1OCC(=O)Nc1ccc(S(=O)(=O)Nc2ccccc2)cc1. The summed E-state index contributed by atoms with van der Waals surface area (Å²) in [7, 11) is -3.71. The van der Waals surface area contributed by atoms with Gasteiger partial charge in [-0.3, -0.25) is 9.52 Å². The number of nitrogens with one attached hydrogen (secondary N) is 2. The third-order valence-electron chi connectivity index (χ3n) is 4.90. The normalized spacial score (nSPS) is 12.1. The van der Waals surface area contributed by atoms with Gasteiger partial charge in [-0.1, -0.05) is 50.2 Å². The summed E-state index contributed by atoms with van der Waals surface area (Å²) in [5, 5.41) is 2.72. The highest BCUT2D eigenvalue weighted by Crippen LogP contribution is 2.28. The summed E-state index contributed by atoms with van der Waals surface area (Å²) in [5.74, 6) is 0.704. The van der Waals surface area contributed by atoms with Crippen LogP contribution in [0, 0.1) is 0 Å². The van der Waals surface area contributed by atoms with Crippen molar-refractivity contribution < 1.29 is 17.9 Å². The summed E-state index contributed by atoms with van der Waals surface area (Å²) in [6, 6.07) is 22.3. The van der Waals surface area contributed by atoms with Crippen molar-refractivity contribution in [3.05, 3.63) is 84.4 Å². The molecule has 3 rings (SSSR count). The number of amides is 1. The van der Waals surface area contributed by atoms with E-state index in [2.05, 4.69) is 23.9 Å². The number of benzene rings is 3. The Bertz CT molecular complexity index is 1110. The van der Waals surface area contributed by atoms with Crippen molar-refractivity contribution in [1.29, 1.82) is 0 Å². The Labute approximate surface area is 183 Å². The van der Waals surface area contributed by atoms with Crippen molar-refractivity contribution >= 4 is 27.3 Å². The van der Waals surface area contributed by atoms with Crippen molar-refractivity contribution in [3.63, 3.8) is 0 Å². The molecule has 3 aromatic carbocycles. The number of rotatable bonds is 9. The van der Waals surface area contributed by atoms with E-state index >= 15 is 0 Å². The molecule has 0 fully saturated rings. The molecule has 0 saturated heterocycles. The first kappa shape index (κ1) is 22.4. The van der Waals surface area contributed by atoms with Crippen LogP contribution in [-0.4, -0.2) is 20.9 Å². The van der Waals surface area contributed by atoms with Gasteiger partial charge in [-0.15, -0.1) is 0 Å². The zero-order chi connectivity index (χ0) is 22.3. The summed E-state index contributed by atoms with van der Waals surface area (Å²) >= 11 is 0. The average Bonchev–Trinajstić information content (AvgIpc) is 2.78. The number of para-hydroxylation sites is 2. The highest BCUT2D eigenvalue weighted by atomic mass is 32.2. The first-order valence-corrected chi connectivity index (χ1v) is 11.6. The molecule has 0 saturated carbocycles. The Balaban J connectivity index is 1.59. The molecule has 0 heterocycles. The predicted molar refractivity (Wildman–Crippen MR) is 123 cm³/mol. The molecule has 0 aliphatic rings. The highest BCUT2D eigenvalue weighted by molar-refractivity contribution is 7.92. The lowest BCUT2D eigenvalue weighted by Crippen LogP contribution is -2.20. The van der Waals surface area contributed by atoms with Gasteiger partial charge in [-0.25, -0.2) is 8.42 Å². The topological polar surface area (TPSA) is 84.5 Å². The maximum absolute atomic E-state index is 12.5. The van der Waals surface area contributed by atoms with Crippen LogP contribution in [0.15, 0.2) is 83.8 Å². The number of ether oxygens (including phenoxy) is 1. The Kier molecular flexibility index (Phi) is 7.31. The Morgan fingerprint density at radius 1 is 0.903 bits per heavy atom. The van der Waals surface area contributed by atoms with Gasteiger partial charge in [0.1, 0.15) is 5.75 Å². The van der Waals surface area contributed by atoms with E-state index in [4.69, 9.17) is 4.74 Å². The van der Waals surface area contributed by atoms with E-state index < -0.39 is 10.0 Å². The quantitative estimate of drug-likeness (QED) is 0.491. The van der Waals surface area contributed by atoms with Crippen molar-refractivity contribution in [1.82, 2.24) is 0 Å². The van der Waals surface area contributed by atoms with Gasteiger partial charge in [0.25, 0.3) is 15.9 Å². The minimum atomic E-state index is -3.71. The summed E-state index contributed by atoms with van der Waals surface area (Å²) in [6.45, 7) is 4.08. The molecule has 1 amide bonds. The van der Waals surface area contributed by atoms with Gasteiger partial charge in [-0.2, -0.15) is 0 Å². The van der Waals surface area contributed by atoms with E-state index in [9.17, 15) is 13.2 Å². The summed E-state index contributed by atoms with van der Waals surface area (Å²) in [6.07, 6.45) is 0.973. The van der Waals surface area contributed by atoms with E-state index in [0.717, 1.165) is 12.0 Å². The highest BCUT2D eigenvalue weighted by Gasteiger charge is 2.15. The zero-order valence-electron chi connectivity index (χ0n) is 17.5. The Morgan fingerprint density at radius 2 is 1.55 bits per heavy atom. The van der Waals surface area contributed by atoms with Crippen molar-refractivity contribution in [3.8, 4) is 5.75 Å². The number of carbonyl (C=O) groups excluding carboxylic acids is 1. The van der Waals surface area contributed by atoms with E-state index in [1.165, 1.54) is 12.1 Å². The van der Waals surface area contributed by atoms with Crippen LogP contribution in [0.3, 0.4) is 0 Å². The predicted octanol–water partition coefficient (Wildman–Crippen LogP) is 5.02. The fourth-order valence-electron chi connectivity index (χ4n) is 3.02. The van der Waals surface area contributed by atoms with Crippen LogP contribution in [0.5, 0.6) is 5.75 Å². The number of carbonyl (C=O) groups is 1. The molecule has 2 N–H and O–H groups in total. The lowest BCUT2D eigenvalue weighted by atomic mass is 9.98. The lowest BCUT2D eigenvalue weighted by molar-refractivity contribution is -0.118. The molecular formula is C24H26N2O4S. The molecule has 0 aromatic heterocycles. The zero-order valence-corrected chi connectivity index (χ0v) is 18.4. The molecule has 31 heavy (non-hydrogen) atoms. The van der Waals surface area contributed by atoms with Gasteiger partial charge in [0, 0.05) is 11.4 Å². The lowest BCUT2D eigenvalue weighted by Gasteiger charge is -2.15. The summed E-state index contributed by atoms with van der Waals surface area (Å²) in [5.41, 5.74) is 2.04. The number of hydrogen-bond acceptors (Lipinski definition) is 4. The first-order chi connectivity index (χ1) is 14.9. The van der Waals surface area contributed by atoms with Gasteiger partial charge >= 0.3 is 0 Å². The minimum absolute atomic E-state index is 0.105. The molecule has 0 bridgehead atoms. The van der Waals surface area contributed by atoms with E-state index in [0.29, 0.717) is 23.0 Å². The van der Waals surface area contributed by atoms with Crippen molar-refractivity contribution in [2.45, 2.75) is 31.1 Å². The Morgan fingerprint density at radius 3 is 2.23 bits per heavy atom. The number of sulfonamides is 1. The van der Waals surface area contributed by atoms with Gasteiger partial charge in [-0.05, 0) is 60.4 Å². The van der Waals surface area contributed by atoms with Gasteiger partial charge in [0.15, 0.2) is 6.61 Å². The van der Waals surface area contributed by atoms with Crippen LogP contribution in [0.2, 0.25) is 0 Å². The molecule has 0 aliphatic heterocycles. The first-order valence-electron chi connectivity index (χ1n) is 10.1. The van der Waals surface area contributed by atoms with Crippen LogP contribution in [-0.2, 0) is 14.8 Å². The van der Waals surface area contributed by atoms with E-state index in [-0.39, 0.29) is 17.4 Å². The van der Waals surface area contributed by atoms with E-state index in [1.807, 2.05) is 30.3 Å². The molecule has 0 aliphatic carbocycles. The summed E-state index contributed by atoms with van der Waals surface area (Å²) < 4.78 is 33.2. The van der Waals surface area contributed by atoms with Crippen LogP contribution < -0.4 is 14.8 Å². The third kappa shape index (κ3) is 6.08. The van der Waals surface area contributed by atoms with Crippen LogP contribution >= 0.6 is 0 Å². The van der Waals surface area contributed by atoms with Crippen molar-refractivity contribution in [2.24, 2.45) is 0 Å². The van der Waals surface area contributed by atoms with Crippen LogP contribution in [0.25, 0.3) is 0 Å². The van der Waals surface area contributed by atoms with Crippen molar-refractivity contribution in [2.75, 3.05) is 16.6 Å². The summed E-state index contributed by atoms with van der Waals surface area (Å²) in [4.78, 5) is 12.4. The second-order valence-corrected chi connectivity index (χ2v) is 8.86. The number of anilines is 2. The molecular weight excluding hydrogens is 412 g/mol. The molecule has 6 nitrogen and oxygen atoms in total. The largest absolute Gasteiger partial charge is 0.483 e.